The lowest BCUT2D eigenvalue weighted by Crippen LogP contribution is -2.30. The number of para-hydroxylation sites is 1. The van der Waals surface area contributed by atoms with Gasteiger partial charge in [-0.15, -0.1) is 11.3 Å². The van der Waals surface area contributed by atoms with Crippen molar-refractivity contribution in [2.75, 3.05) is 5.32 Å². The van der Waals surface area contributed by atoms with Crippen molar-refractivity contribution in [3.63, 3.8) is 0 Å². The summed E-state index contributed by atoms with van der Waals surface area (Å²) in [6, 6.07) is 17.0. The minimum absolute atomic E-state index is 0.107. The van der Waals surface area contributed by atoms with Crippen molar-refractivity contribution in [3.05, 3.63) is 72.4 Å². The average Bonchev–Trinajstić information content (AvgIpc) is 3.18. The lowest BCUT2D eigenvalue weighted by Gasteiger charge is -2.10. The van der Waals surface area contributed by atoms with Gasteiger partial charge in [0.25, 0.3) is 5.91 Å². The van der Waals surface area contributed by atoms with Gasteiger partial charge in [0.05, 0.1) is 15.1 Å². The first-order valence-electron chi connectivity index (χ1n) is 9.57. The fraction of sp³-hybridized carbons (Fsp3) is 0.136. The molecular weight excluding hydrogens is 432 g/mol. The van der Waals surface area contributed by atoms with E-state index in [1.54, 1.807) is 37.4 Å². The van der Waals surface area contributed by atoms with Gasteiger partial charge in [-0.1, -0.05) is 12.1 Å². The summed E-state index contributed by atoms with van der Waals surface area (Å²) in [6.45, 7) is 3.49. The van der Waals surface area contributed by atoms with E-state index >= 15 is 0 Å². The molecule has 2 aromatic carbocycles. The summed E-state index contributed by atoms with van der Waals surface area (Å²) < 4.78 is 28.0. The van der Waals surface area contributed by atoms with Gasteiger partial charge in [0.2, 0.25) is 10.0 Å². The summed E-state index contributed by atoms with van der Waals surface area (Å²) in [7, 11) is -3.60. The maximum absolute atomic E-state index is 12.5. The van der Waals surface area contributed by atoms with Gasteiger partial charge in [-0.2, -0.15) is 0 Å². The van der Waals surface area contributed by atoms with Gasteiger partial charge in [-0.25, -0.2) is 23.1 Å². The molecule has 0 unspecified atom stereocenters. The smallest absolute Gasteiger partial charge is 0.256 e. The molecule has 158 valence electrons. The van der Waals surface area contributed by atoms with Crippen LogP contribution in [0.5, 0.6) is 0 Å². The first-order chi connectivity index (χ1) is 14.8. The van der Waals surface area contributed by atoms with Gasteiger partial charge >= 0.3 is 0 Å². The van der Waals surface area contributed by atoms with Crippen molar-refractivity contribution in [3.8, 4) is 10.6 Å². The Morgan fingerprint density at radius 3 is 2.39 bits per heavy atom. The molecule has 31 heavy (non-hydrogen) atoms. The molecule has 0 bridgehead atoms. The lowest BCUT2D eigenvalue weighted by atomic mass is 10.2. The normalized spacial score (nSPS) is 11.7. The van der Waals surface area contributed by atoms with Gasteiger partial charge < -0.3 is 5.32 Å². The van der Waals surface area contributed by atoms with Gasteiger partial charge in [0.15, 0.2) is 0 Å². The van der Waals surface area contributed by atoms with Crippen LogP contribution in [0.2, 0.25) is 0 Å². The molecule has 0 atom stereocenters. The Balaban J connectivity index is 1.46. The van der Waals surface area contributed by atoms with E-state index in [0.29, 0.717) is 11.4 Å². The van der Waals surface area contributed by atoms with Crippen molar-refractivity contribution >= 4 is 43.3 Å². The van der Waals surface area contributed by atoms with E-state index in [2.05, 4.69) is 20.0 Å². The number of hydrogen-bond acceptors (Lipinski definition) is 6. The Hall–Kier alpha value is -3.14. The van der Waals surface area contributed by atoms with Gasteiger partial charge in [0.1, 0.15) is 10.8 Å². The predicted molar refractivity (Wildman–Crippen MR) is 123 cm³/mol. The molecule has 0 fully saturated rings. The van der Waals surface area contributed by atoms with Gasteiger partial charge in [-0.05, 0) is 62.4 Å². The molecule has 0 spiro atoms. The minimum Gasteiger partial charge on any atom is -0.307 e. The van der Waals surface area contributed by atoms with E-state index in [-0.39, 0.29) is 16.8 Å². The Morgan fingerprint density at radius 2 is 1.74 bits per heavy atom. The monoisotopic (exact) mass is 452 g/mol. The molecule has 0 aliphatic rings. The number of aromatic nitrogens is 2. The number of hydrogen-bond donors (Lipinski definition) is 2. The summed E-state index contributed by atoms with van der Waals surface area (Å²) in [5.41, 5.74) is 2.14. The number of pyridine rings is 1. The molecule has 0 saturated carbocycles. The van der Waals surface area contributed by atoms with Crippen LogP contribution in [0.4, 0.5) is 5.82 Å². The second-order valence-corrected chi connectivity index (χ2v) is 9.92. The number of sulfonamides is 1. The third-order valence-electron chi connectivity index (χ3n) is 4.36. The number of carbonyl (C=O) groups excluding carboxylic acids is 1. The van der Waals surface area contributed by atoms with E-state index in [1.165, 1.54) is 24.3 Å². The van der Waals surface area contributed by atoms with Gasteiger partial charge in [0, 0.05) is 23.4 Å². The van der Waals surface area contributed by atoms with Crippen LogP contribution in [0.3, 0.4) is 0 Å². The van der Waals surface area contributed by atoms with Crippen LogP contribution in [-0.4, -0.2) is 30.3 Å². The van der Waals surface area contributed by atoms with E-state index in [9.17, 15) is 13.2 Å². The number of nitrogens with zero attached hydrogens (tertiary/aromatic N) is 2. The highest BCUT2D eigenvalue weighted by Crippen LogP contribution is 2.29. The van der Waals surface area contributed by atoms with E-state index < -0.39 is 10.0 Å². The summed E-state index contributed by atoms with van der Waals surface area (Å²) in [4.78, 5) is 21.5. The highest BCUT2D eigenvalue weighted by atomic mass is 32.2. The number of fused-ring (bicyclic) bond motifs is 1. The van der Waals surface area contributed by atoms with Crippen LogP contribution in [-0.2, 0) is 10.0 Å². The molecule has 2 aromatic heterocycles. The van der Waals surface area contributed by atoms with E-state index in [1.807, 2.05) is 30.3 Å². The molecular formula is C22H20N4O3S2. The third kappa shape index (κ3) is 4.79. The van der Waals surface area contributed by atoms with E-state index in [4.69, 9.17) is 0 Å². The molecule has 2 heterocycles. The summed E-state index contributed by atoms with van der Waals surface area (Å²) >= 11 is 1.58. The molecule has 4 aromatic rings. The minimum atomic E-state index is -3.60. The number of nitrogens with one attached hydrogen (secondary N) is 2. The molecule has 9 heteroatoms. The van der Waals surface area contributed by atoms with Crippen LogP contribution in [0, 0.1) is 0 Å². The zero-order chi connectivity index (χ0) is 22.0. The Morgan fingerprint density at radius 1 is 1.00 bits per heavy atom. The molecule has 0 aliphatic heterocycles. The van der Waals surface area contributed by atoms with Crippen LogP contribution < -0.4 is 10.0 Å². The number of carbonyl (C=O) groups is 1. The molecule has 0 aliphatic carbocycles. The Kier molecular flexibility index (Phi) is 5.81. The Bertz CT molecular complexity index is 1300. The first-order valence-corrected chi connectivity index (χ1v) is 11.9. The van der Waals surface area contributed by atoms with Crippen molar-refractivity contribution in [1.82, 2.24) is 14.7 Å². The molecule has 2 N–H and O–H groups in total. The van der Waals surface area contributed by atoms with Crippen molar-refractivity contribution < 1.29 is 13.2 Å². The third-order valence-corrected chi connectivity index (χ3v) is 7.12. The lowest BCUT2D eigenvalue weighted by molar-refractivity contribution is 0.102. The fourth-order valence-corrected chi connectivity index (χ4v) is 5.15. The average molecular weight is 453 g/mol. The molecule has 4 rings (SSSR count). The van der Waals surface area contributed by atoms with Crippen molar-refractivity contribution in [2.24, 2.45) is 0 Å². The van der Waals surface area contributed by atoms with E-state index in [0.717, 1.165) is 20.8 Å². The number of rotatable bonds is 6. The zero-order valence-electron chi connectivity index (χ0n) is 16.9. The summed E-state index contributed by atoms with van der Waals surface area (Å²) in [5, 5.41) is 3.58. The summed E-state index contributed by atoms with van der Waals surface area (Å²) in [5.74, 6) is 0.0223. The topological polar surface area (TPSA) is 101 Å². The SMILES string of the molecule is CC(C)NS(=O)(=O)c1ccc(C(=O)Nc2ccc(-c3nc4ccccc4s3)cn2)cc1. The number of anilines is 1. The van der Waals surface area contributed by atoms with Crippen LogP contribution in [0.15, 0.2) is 71.8 Å². The van der Waals surface area contributed by atoms with Crippen LogP contribution in [0.25, 0.3) is 20.8 Å². The number of benzene rings is 2. The molecule has 1 amide bonds. The maximum atomic E-state index is 12.5. The highest BCUT2D eigenvalue weighted by Gasteiger charge is 2.16. The quantitative estimate of drug-likeness (QED) is 0.454. The van der Waals surface area contributed by atoms with Crippen LogP contribution in [0.1, 0.15) is 24.2 Å². The zero-order valence-corrected chi connectivity index (χ0v) is 18.5. The summed E-state index contributed by atoms with van der Waals surface area (Å²) in [6.07, 6.45) is 1.67. The van der Waals surface area contributed by atoms with Gasteiger partial charge in [-0.3, -0.25) is 4.79 Å². The number of amides is 1. The molecule has 0 radical (unpaired) electrons. The molecule has 7 nitrogen and oxygen atoms in total. The fourth-order valence-electron chi connectivity index (χ4n) is 2.94. The predicted octanol–water partition coefficient (Wildman–Crippen LogP) is 4.30. The standard InChI is InChI=1S/C22H20N4O3S2/c1-14(2)26-31(28,29)17-10-7-15(8-11-17)21(27)25-20-12-9-16(13-23-20)22-24-18-5-3-4-6-19(18)30-22/h3-14,26H,1-2H3,(H,23,25,27). The van der Waals surface area contributed by atoms with Crippen LogP contribution >= 0.6 is 11.3 Å². The maximum Gasteiger partial charge on any atom is 0.256 e. The molecule has 0 saturated heterocycles. The largest absolute Gasteiger partial charge is 0.307 e. The second kappa shape index (κ2) is 8.54. The number of thiazole rings is 1. The second-order valence-electron chi connectivity index (χ2n) is 7.17. The first kappa shape index (κ1) is 21.1. The van der Waals surface area contributed by atoms with Crippen molar-refractivity contribution in [2.45, 2.75) is 24.8 Å². The highest BCUT2D eigenvalue weighted by molar-refractivity contribution is 7.89. The Labute approximate surface area is 184 Å². The van der Waals surface area contributed by atoms with Crippen molar-refractivity contribution in [1.29, 1.82) is 0 Å².